The Morgan fingerprint density at radius 2 is 1.69 bits per heavy atom. The first-order chi connectivity index (χ1) is 17.4. The second-order valence-corrected chi connectivity index (χ2v) is 12.8. The number of nitriles is 1. The van der Waals surface area contributed by atoms with Crippen LogP contribution in [0.1, 0.15) is 61.2 Å². The van der Waals surface area contributed by atoms with Crippen LogP contribution < -0.4 is 5.73 Å². The van der Waals surface area contributed by atoms with Crippen molar-refractivity contribution in [2.75, 3.05) is 5.73 Å². The third-order valence-electron chi connectivity index (χ3n) is 7.68. The van der Waals surface area contributed by atoms with Gasteiger partial charge in [0.05, 0.1) is 22.3 Å². The molecule has 0 bridgehead atoms. The van der Waals surface area contributed by atoms with Crippen LogP contribution in [0.15, 0.2) is 59.5 Å². The van der Waals surface area contributed by atoms with E-state index in [0.29, 0.717) is 12.1 Å². The first-order valence-corrected chi connectivity index (χ1v) is 14.4. The number of anilines is 1. The largest absolute Gasteiger partial charge is 0.395 e. The Morgan fingerprint density at radius 3 is 2.36 bits per heavy atom. The van der Waals surface area contributed by atoms with Gasteiger partial charge in [-0.15, -0.1) is 11.6 Å². The van der Waals surface area contributed by atoms with E-state index in [-0.39, 0.29) is 33.6 Å². The SMILES string of the molecule is N#Cc1nn(C2CCCC(Cl)C2)c(C(C2CC2)S(=O)(=O)c2ccc3cc4ccccc4cc3c2)c1N. The maximum atomic E-state index is 14.3. The molecular weight excluding hydrogens is 492 g/mol. The lowest BCUT2D eigenvalue weighted by molar-refractivity contribution is 0.323. The fraction of sp³-hybridized carbons (Fsp3) is 0.357. The molecule has 0 saturated heterocycles. The van der Waals surface area contributed by atoms with Crippen LogP contribution in [0.5, 0.6) is 0 Å². The maximum absolute atomic E-state index is 14.3. The molecule has 6 rings (SSSR count). The van der Waals surface area contributed by atoms with Crippen LogP contribution in [0.25, 0.3) is 21.5 Å². The minimum Gasteiger partial charge on any atom is -0.395 e. The number of rotatable bonds is 5. The van der Waals surface area contributed by atoms with E-state index in [9.17, 15) is 13.7 Å². The molecule has 3 unspecified atom stereocenters. The minimum absolute atomic E-state index is 0.00106. The van der Waals surface area contributed by atoms with Crippen molar-refractivity contribution in [3.8, 4) is 6.07 Å². The molecule has 3 atom stereocenters. The van der Waals surface area contributed by atoms with Gasteiger partial charge >= 0.3 is 0 Å². The molecule has 2 aliphatic carbocycles. The lowest BCUT2D eigenvalue weighted by Gasteiger charge is -2.29. The first kappa shape index (κ1) is 23.3. The minimum atomic E-state index is -3.81. The molecule has 2 fully saturated rings. The Labute approximate surface area is 215 Å². The van der Waals surface area contributed by atoms with E-state index < -0.39 is 15.1 Å². The molecule has 36 heavy (non-hydrogen) atoms. The Kier molecular flexibility index (Phi) is 5.70. The number of hydrogen-bond donors (Lipinski definition) is 1. The number of nitrogens with zero attached hydrogens (tertiary/aromatic N) is 3. The van der Waals surface area contributed by atoms with Gasteiger partial charge in [0.25, 0.3) is 0 Å². The smallest absolute Gasteiger partial charge is 0.187 e. The fourth-order valence-electron chi connectivity index (χ4n) is 5.70. The predicted octanol–water partition coefficient (Wildman–Crippen LogP) is 6.29. The molecule has 0 amide bonds. The topological polar surface area (TPSA) is 102 Å². The summed E-state index contributed by atoms with van der Waals surface area (Å²) >= 11 is 6.48. The lowest BCUT2D eigenvalue weighted by Crippen LogP contribution is -2.26. The third kappa shape index (κ3) is 3.93. The summed E-state index contributed by atoms with van der Waals surface area (Å²) in [5, 5.41) is 17.4. The third-order valence-corrected chi connectivity index (χ3v) is 10.3. The zero-order chi connectivity index (χ0) is 25.0. The normalized spacial score (nSPS) is 21.4. The van der Waals surface area contributed by atoms with Gasteiger partial charge in [-0.3, -0.25) is 4.68 Å². The quantitative estimate of drug-likeness (QED) is 0.247. The summed E-state index contributed by atoms with van der Waals surface area (Å²) < 4.78 is 30.3. The number of sulfone groups is 1. The van der Waals surface area contributed by atoms with Gasteiger partial charge in [-0.1, -0.05) is 30.3 Å². The van der Waals surface area contributed by atoms with Crippen molar-refractivity contribution in [2.45, 2.75) is 60.1 Å². The molecule has 6 nitrogen and oxygen atoms in total. The molecule has 0 radical (unpaired) electrons. The van der Waals surface area contributed by atoms with Gasteiger partial charge in [0, 0.05) is 5.38 Å². The van der Waals surface area contributed by atoms with E-state index in [1.807, 2.05) is 30.3 Å². The molecule has 0 aliphatic heterocycles. The van der Waals surface area contributed by atoms with Gasteiger partial charge in [0.15, 0.2) is 15.5 Å². The summed E-state index contributed by atoms with van der Waals surface area (Å²) in [4.78, 5) is 0.270. The number of fused-ring (bicyclic) bond motifs is 2. The molecule has 1 aromatic heterocycles. The molecule has 2 saturated carbocycles. The number of benzene rings is 3. The number of hydrogen-bond acceptors (Lipinski definition) is 5. The zero-order valence-electron chi connectivity index (χ0n) is 19.8. The van der Waals surface area contributed by atoms with E-state index in [2.05, 4.69) is 23.3 Å². The molecular formula is C28H27ClN4O2S. The van der Waals surface area contributed by atoms with Gasteiger partial charge < -0.3 is 5.73 Å². The molecule has 2 N–H and O–H groups in total. The van der Waals surface area contributed by atoms with E-state index in [1.54, 1.807) is 16.8 Å². The second-order valence-electron chi connectivity index (χ2n) is 10.1. The van der Waals surface area contributed by atoms with Crippen LogP contribution in [0.4, 0.5) is 5.69 Å². The van der Waals surface area contributed by atoms with E-state index >= 15 is 0 Å². The Morgan fingerprint density at radius 1 is 1.00 bits per heavy atom. The van der Waals surface area contributed by atoms with Crippen molar-refractivity contribution in [3.63, 3.8) is 0 Å². The van der Waals surface area contributed by atoms with Crippen LogP contribution in [0.3, 0.4) is 0 Å². The average molecular weight is 519 g/mol. The molecule has 2 aliphatic rings. The fourth-order valence-corrected chi connectivity index (χ4v) is 8.21. The Balaban J connectivity index is 1.49. The zero-order valence-corrected chi connectivity index (χ0v) is 21.3. The highest BCUT2D eigenvalue weighted by Gasteiger charge is 2.46. The van der Waals surface area contributed by atoms with Crippen molar-refractivity contribution in [1.82, 2.24) is 9.78 Å². The van der Waals surface area contributed by atoms with Crippen molar-refractivity contribution in [1.29, 1.82) is 5.26 Å². The van der Waals surface area contributed by atoms with Crippen LogP contribution in [-0.4, -0.2) is 23.6 Å². The lowest BCUT2D eigenvalue weighted by atomic mass is 9.94. The van der Waals surface area contributed by atoms with Crippen LogP contribution >= 0.6 is 11.6 Å². The number of alkyl halides is 1. The summed E-state index contributed by atoms with van der Waals surface area (Å²) in [6, 6.07) is 19.5. The van der Waals surface area contributed by atoms with Gasteiger partial charge in [-0.25, -0.2) is 8.42 Å². The Bertz CT molecular complexity index is 1630. The number of nitrogen functional groups attached to an aromatic ring is 1. The first-order valence-electron chi connectivity index (χ1n) is 12.5. The summed E-state index contributed by atoms with van der Waals surface area (Å²) in [6.07, 6.45) is 4.98. The van der Waals surface area contributed by atoms with Crippen LogP contribution in [-0.2, 0) is 9.84 Å². The monoisotopic (exact) mass is 518 g/mol. The van der Waals surface area contributed by atoms with E-state index in [0.717, 1.165) is 53.6 Å². The average Bonchev–Trinajstić information content (AvgIpc) is 3.65. The highest BCUT2D eigenvalue weighted by molar-refractivity contribution is 7.91. The van der Waals surface area contributed by atoms with Crippen molar-refractivity contribution < 1.29 is 8.42 Å². The molecule has 0 spiro atoms. The highest BCUT2D eigenvalue weighted by Crippen LogP contribution is 2.51. The number of halogens is 1. The van der Waals surface area contributed by atoms with Gasteiger partial charge in [-0.2, -0.15) is 10.4 Å². The molecule has 3 aromatic carbocycles. The van der Waals surface area contributed by atoms with Crippen LogP contribution in [0.2, 0.25) is 0 Å². The molecule has 1 heterocycles. The maximum Gasteiger partial charge on any atom is 0.187 e. The predicted molar refractivity (Wildman–Crippen MR) is 143 cm³/mol. The number of nitrogens with two attached hydrogens (primary N) is 1. The van der Waals surface area contributed by atoms with Gasteiger partial charge in [-0.05, 0) is 90.3 Å². The summed E-state index contributed by atoms with van der Waals surface area (Å²) in [5.74, 6) is -0.0537. The number of aromatic nitrogens is 2. The van der Waals surface area contributed by atoms with Gasteiger partial charge in [0.2, 0.25) is 0 Å². The molecule has 184 valence electrons. The van der Waals surface area contributed by atoms with Crippen molar-refractivity contribution in [3.05, 3.63) is 66.0 Å². The van der Waals surface area contributed by atoms with E-state index in [1.165, 1.54) is 0 Å². The molecule has 8 heteroatoms. The highest BCUT2D eigenvalue weighted by atomic mass is 35.5. The summed E-state index contributed by atoms with van der Waals surface area (Å²) in [7, 11) is -3.81. The van der Waals surface area contributed by atoms with E-state index in [4.69, 9.17) is 17.3 Å². The van der Waals surface area contributed by atoms with Crippen LogP contribution in [0, 0.1) is 17.2 Å². The molecule has 4 aromatic rings. The standard InChI is InChI=1S/C28H27ClN4O2S/c29-22-6-3-7-23(15-22)33-27(26(31)25(16-30)32-33)28(17-8-9-17)36(34,35)24-11-10-20-12-18-4-1-2-5-19(18)13-21(20)14-24/h1-2,4-5,10-14,17,22-23,28H,3,6-9,15,31H2. The van der Waals surface area contributed by atoms with Crippen molar-refractivity contribution in [2.24, 2.45) is 5.92 Å². The Hall–Kier alpha value is -3.08. The van der Waals surface area contributed by atoms with Gasteiger partial charge in [0.1, 0.15) is 11.3 Å². The second kappa shape index (κ2) is 8.79. The summed E-state index contributed by atoms with van der Waals surface area (Å²) in [6.45, 7) is 0. The summed E-state index contributed by atoms with van der Waals surface area (Å²) in [5.41, 5.74) is 7.18. The van der Waals surface area contributed by atoms with Crippen molar-refractivity contribution >= 4 is 48.7 Å².